The van der Waals surface area contributed by atoms with Crippen LogP contribution in [0.2, 0.25) is 0 Å². The van der Waals surface area contributed by atoms with Gasteiger partial charge in [0.05, 0.1) is 22.8 Å². The third-order valence-corrected chi connectivity index (χ3v) is 4.86. The molecule has 120 valence electrons. The molecule has 2 aromatic rings. The van der Waals surface area contributed by atoms with Gasteiger partial charge in [0.15, 0.2) is 5.13 Å². The van der Waals surface area contributed by atoms with E-state index in [0.29, 0.717) is 19.6 Å². The normalized spacial score (nSPS) is 17.3. The first-order valence-corrected chi connectivity index (χ1v) is 8.59. The molecule has 1 amide bonds. The Labute approximate surface area is 139 Å². The van der Waals surface area contributed by atoms with Gasteiger partial charge in [0.2, 0.25) is 5.91 Å². The lowest BCUT2D eigenvalue weighted by Crippen LogP contribution is -2.41. The predicted molar refractivity (Wildman–Crippen MR) is 91.3 cm³/mol. The van der Waals surface area contributed by atoms with Crippen LogP contribution in [0.3, 0.4) is 0 Å². The first-order valence-electron chi connectivity index (χ1n) is 7.77. The number of nitriles is 1. The van der Waals surface area contributed by atoms with Crippen molar-refractivity contribution < 1.29 is 4.79 Å². The summed E-state index contributed by atoms with van der Waals surface area (Å²) in [5, 5.41) is 16.3. The molecule has 2 heterocycles. The molecule has 1 aliphatic rings. The third kappa shape index (κ3) is 3.78. The molecule has 6 nitrogen and oxygen atoms in total. The van der Waals surface area contributed by atoms with E-state index in [1.807, 2.05) is 18.2 Å². The Morgan fingerprint density at radius 2 is 2.30 bits per heavy atom. The maximum Gasteiger partial charge on any atom is 0.237 e. The van der Waals surface area contributed by atoms with Gasteiger partial charge in [-0.05, 0) is 25.0 Å². The van der Waals surface area contributed by atoms with Crippen molar-refractivity contribution in [2.45, 2.75) is 18.9 Å². The Hall–Kier alpha value is -2.17. The molecule has 1 aliphatic heterocycles. The van der Waals surface area contributed by atoms with Gasteiger partial charge in [-0.1, -0.05) is 23.5 Å². The van der Waals surface area contributed by atoms with Crippen molar-refractivity contribution in [2.75, 3.05) is 31.5 Å². The fourth-order valence-electron chi connectivity index (χ4n) is 2.70. The molecule has 23 heavy (non-hydrogen) atoms. The first kappa shape index (κ1) is 15.7. The molecule has 0 bridgehead atoms. The van der Waals surface area contributed by atoms with Gasteiger partial charge in [0.25, 0.3) is 0 Å². The lowest BCUT2D eigenvalue weighted by Gasteiger charge is -2.19. The standard InChI is InChI=1S/C16H19N5OS/c17-10-12-4-3-9-21(12)15(22)11-18-7-8-19-16-20-13-5-1-2-6-14(13)23-16/h1-2,5-6,12,18H,3-4,7-9,11H2,(H,19,20)/t12-/m0/s1. The van der Waals surface area contributed by atoms with Crippen LogP contribution in [-0.2, 0) is 4.79 Å². The van der Waals surface area contributed by atoms with Crippen LogP contribution in [0.5, 0.6) is 0 Å². The number of anilines is 1. The number of benzene rings is 1. The van der Waals surface area contributed by atoms with E-state index >= 15 is 0 Å². The summed E-state index contributed by atoms with van der Waals surface area (Å²) < 4.78 is 1.16. The molecule has 0 spiro atoms. The number of para-hydroxylation sites is 1. The SMILES string of the molecule is N#C[C@@H]1CCCN1C(=O)CNCCNc1nc2ccccc2s1. The van der Waals surface area contributed by atoms with Crippen LogP contribution < -0.4 is 10.6 Å². The number of nitrogens with one attached hydrogen (secondary N) is 2. The highest BCUT2D eigenvalue weighted by molar-refractivity contribution is 7.22. The molecule has 2 N–H and O–H groups in total. The number of nitrogens with zero attached hydrogens (tertiary/aromatic N) is 3. The summed E-state index contributed by atoms with van der Waals surface area (Å²) in [6, 6.07) is 9.97. The average molecular weight is 329 g/mol. The molecule has 0 unspecified atom stereocenters. The molecular formula is C16H19N5OS. The van der Waals surface area contributed by atoms with Gasteiger partial charge in [0, 0.05) is 19.6 Å². The molecule has 1 saturated heterocycles. The van der Waals surface area contributed by atoms with E-state index in [2.05, 4.69) is 27.8 Å². The minimum Gasteiger partial charge on any atom is -0.360 e. The average Bonchev–Trinajstić information content (AvgIpc) is 3.20. The lowest BCUT2D eigenvalue weighted by atomic mass is 10.2. The highest BCUT2D eigenvalue weighted by atomic mass is 32.1. The molecular weight excluding hydrogens is 310 g/mol. The number of hydrogen-bond donors (Lipinski definition) is 2. The van der Waals surface area contributed by atoms with Crippen molar-refractivity contribution in [1.29, 1.82) is 5.26 Å². The van der Waals surface area contributed by atoms with Crippen LogP contribution in [0.25, 0.3) is 10.2 Å². The monoisotopic (exact) mass is 329 g/mol. The van der Waals surface area contributed by atoms with Crippen LogP contribution in [0.4, 0.5) is 5.13 Å². The summed E-state index contributed by atoms with van der Waals surface area (Å²) in [6.07, 6.45) is 1.71. The molecule has 0 aliphatic carbocycles. The third-order valence-electron chi connectivity index (χ3n) is 3.87. The fraction of sp³-hybridized carbons (Fsp3) is 0.438. The molecule has 0 radical (unpaired) electrons. The van der Waals surface area contributed by atoms with Crippen LogP contribution in [-0.4, -0.2) is 48.0 Å². The second kappa shape index (κ2) is 7.40. The zero-order chi connectivity index (χ0) is 16.1. The molecule has 3 rings (SSSR count). The second-order valence-electron chi connectivity index (χ2n) is 5.46. The van der Waals surface area contributed by atoms with E-state index in [1.165, 1.54) is 0 Å². The van der Waals surface area contributed by atoms with Gasteiger partial charge in [-0.15, -0.1) is 0 Å². The lowest BCUT2D eigenvalue weighted by molar-refractivity contribution is -0.130. The van der Waals surface area contributed by atoms with E-state index in [1.54, 1.807) is 16.2 Å². The molecule has 0 saturated carbocycles. The maximum absolute atomic E-state index is 12.0. The van der Waals surface area contributed by atoms with E-state index in [9.17, 15) is 4.79 Å². The van der Waals surface area contributed by atoms with Crippen molar-refractivity contribution >= 4 is 32.6 Å². The Balaban J connectivity index is 1.38. The minimum absolute atomic E-state index is 0.00837. The number of likely N-dealkylation sites (tertiary alicyclic amines) is 1. The number of fused-ring (bicyclic) bond motifs is 1. The van der Waals surface area contributed by atoms with E-state index in [4.69, 9.17) is 5.26 Å². The Kier molecular flexibility index (Phi) is 5.05. The van der Waals surface area contributed by atoms with Crippen LogP contribution >= 0.6 is 11.3 Å². The van der Waals surface area contributed by atoms with Gasteiger partial charge < -0.3 is 15.5 Å². The highest BCUT2D eigenvalue weighted by Crippen LogP contribution is 2.24. The smallest absolute Gasteiger partial charge is 0.237 e. The van der Waals surface area contributed by atoms with E-state index < -0.39 is 0 Å². The zero-order valence-electron chi connectivity index (χ0n) is 12.8. The number of rotatable bonds is 6. The number of amides is 1. The number of hydrogen-bond acceptors (Lipinski definition) is 6. The van der Waals surface area contributed by atoms with E-state index in [-0.39, 0.29) is 18.5 Å². The number of carbonyl (C=O) groups is 1. The Morgan fingerprint density at radius 3 is 3.13 bits per heavy atom. The number of carbonyl (C=O) groups excluding carboxylic acids is 1. The minimum atomic E-state index is -0.245. The van der Waals surface area contributed by atoms with E-state index in [0.717, 1.165) is 28.2 Å². The van der Waals surface area contributed by atoms with Crippen molar-refractivity contribution in [2.24, 2.45) is 0 Å². The van der Waals surface area contributed by atoms with Gasteiger partial charge in [-0.2, -0.15) is 5.26 Å². The summed E-state index contributed by atoms with van der Waals surface area (Å²) in [7, 11) is 0. The van der Waals surface area contributed by atoms with Crippen molar-refractivity contribution in [3.05, 3.63) is 24.3 Å². The van der Waals surface area contributed by atoms with Crippen molar-refractivity contribution in [1.82, 2.24) is 15.2 Å². The second-order valence-corrected chi connectivity index (χ2v) is 6.50. The summed E-state index contributed by atoms with van der Waals surface area (Å²) in [4.78, 5) is 18.2. The van der Waals surface area contributed by atoms with Gasteiger partial charge in [-0.3, -0.25) is 4.79 Å². The Morgan fingerprint density at radius 1 is 1.43 bits per heavy atom. The largest absolute Gasteiger partial charge is 0.360 e. The maximum atomic E-state index is 12.0. The summed E-state index contributed by atoms with van der Waals surface area (Å²) >= 11 is 1.62. The van der Waals surface area contributed by atoms with Gasteiger partial charge in [-0.25, -0.2) is 4.98 Å². The van der Waals surface area contributed by atoms with Crippen molar-refractivity contribution in [3.63, 3.8) is 0 Å². The van der Waals surface area contributed by atoms with Gasteiger partial charge in [0.1, 0.15) is 6.04 Å². The van der Waals surface area contributed by atoms with Gasteiger partial charge >= 0.3 is 0 Å². The first-order chi connectivity index (χ1) is 11.3. The summed E-state index contributed by atoms with van der Waals surface area (Å²) in [5.41, 5.74) is 1.000. The van der Waals surface area contributed by atoms with Crippen LogP contribution in [0.15, 0.2) is 24.3 Å². The molecule has 1 fully saturated rings. The molecule has 1 atom stereocenters. The quantitative estimate of drug-likeness (QED) is 0.790. The fourth-order valence-corrected chi connectivity index (χ4v) is 3.59. The molecule has 1 aromatic heterocycles. The zero-order valence-corrected chi connectivity index (χ0v) is 13.6. The summed E-state index contributed by atoms with van der Waals surface area (Å²) in [6.45, 7) is 2.35. The number of aromatic nitrogens is 1. The van der Waals surface area contributed by atoms with Crippen LogP contribution in [0, 0.1) is 11.3 Å². The number of thiazole rings is 1. The highest BCUT2D eigenvalue weighted by Gasteiger charge is 2.27. The molecule has 7 heteroatoms. The van der Waals surface area contributed by atoms with Crippen LogP contribution in [0.1, 0.15) is 12.8 Å². The molecule has 1 aromatic carbocycles. The summed E-state index contributed by atoms with van der Waals surface area (Å²) in [5.74, 6) is 0.00837. The predicted octanol–water partition coefficient (Wildman–Crippen LogP) is 1.81. The van der Waals surface area contributed by atoms with Crippen molar-refractivity contribution in [3.8, 4) is 6.07 Å². The topological polar surface area (TPSA) is 81.0 Å². The Bertz CT molecular complexity index is 690.